The van der Waals surface area contributed by atoms with Crippen LogP contribution in [0.1, 0.15) is 161 Å². The Morgan fingerprint density at radius 3 is 1.59 bits per heavy atom. The van der Waals surface area contributed by atoms with E-state index >= 15 is 0 Å². The lowest BCUT2D eigenvalue weighted by atomic mass is 9.33. The van der Waals surface area contributed by atoms with Crippen molar-refractivity contribution in [2.24, 2.45) is 0 Å². The molecule has 0 saturated heterocycles. The largest absolute Gasteiger partial charge is 0.311 e. The Balaban J connectivity index is 1.33. The molecule has 7 aromatic rings. The van der Waals surface area contributed by atoms with Gasteiger partial charge in [0.2, 0.25) is 0 Å². The highest BCUT2D eigenvalue weighted by Gasteiger charge is 2.49. The third-order valence-corrected chi connectivity index (χ3v) is 17.1. The van der Waals surface area contributed by atoms with Gasteiger partial charge in [-0.2, -0.15) is 0 Å². The maximum atomic E-state index is 2.79. The fourth-order valence-corrected chi connectivity index (χ4v) is 12.6. The summed E-state index contributed by atoms with van der Waals surface area (Å²) in [7, 11) is 0. The number of anilines is 6. The number of hydrogen-bond donors (Lipinski definition) is 0. The van der Waals surface area contributed by atoms with Crippen LogP contribution in [0.3, 0.4) is 0 Å². The molecule has 0 aromatic heterocycles. The molecule has 0 unspecified atom stereocenters. The molecule has 2 heterocycles. The molecular formula is C66H73BN2. The van der Waals surface area contributed by atoms with Crippen molar-refractivity contribution < 1.29 is 0 Å². The molecule has 3 heteroatoms. The number of benzene rings is 7. The van der Waals surface area contributed by atoms with Gasteiger partial charge in [-0.15, -0.1) is 0 Å². The number of rotatable bonds is 3. The van der Waals surface area contributed by atoms with Crippen LogP contribution in [0.2, 0.25) is 0 Å². The number of fused-ring (bicyclic) bond motifs is 8. The molecule has 0 amide bonds. The Morgan fingerprint density at radius 1 is 0.420 bits per heavy atom. The van der Waals surface area contributed by atoms with E-state index in [1.165, 1.54) is 124 Å². The number of nitrogens with zero attached hydrogens (tertiary/aromatic N) is 2. The van der Waals surface area contributed by atoms with Crippen molar-refractivity contribution in [3.05, 3.63) is 172 Å². The van der Waals surface area contributed by atoms with Crippen LogP contribution in [-0.4, -0.2) is 6.71 Å². The molecule has 2 aliphatic heterocycles. The minimum Gasteiger partial charge on any atom is -0.311 e. The molecule has 0 bridgehead atoms. The summed E-state index contributed by atoms with van der Waals surface area (Å²) in [5.74, 6) is 0. The molecular weight excluding hydrogens is 832 g/mol. The zero-order chi connectivity index (χ0) is 49.1. The zero-order valence-corrected chi connectivity index (χ0v) is 44.5. The van der Waals surface area contributed by atoms with E-state index in [0.717, 1.165) is 6.42 Å². The minimum absolute atomic E-state index is 0.0170. The second-order valence-corrected chi connectivity index (χ2v) is 26.2. The molecule has 0 atom stereocenters. The van der Waals surface area contributed by atoms with Crippen molar-refractivity contribution in [1.29, 1.82) is 0 Å². The molecule has 2 nitrogen and oxygen atoms in total. The standard InChI is InChI=1S/C66H73BN2/c1-40-26-27-42(41-22-18-17-19-23-41)32-53(40)68-54-34-43(61(2,3)4)28-29-51(54)67-52-38-49-50(65(13,14)31-30-64(49,11)12)39-55(52)69(58-37-45(63(8,9)10)36-57(68)60(58)67)56-35-44(62(5,6)7)33-47-46-24-20-21-25-48(46)66(15,16)59(47)56/h17-29,32-39H,30-31H2,1-16H3. The summed E-state index contributed by atoms with van der Waals surface area (Å²) in [6.45, 7) is 38.7. The van der Waals surface area contributed by atoms with Crippen LogP contribution in [0.15, 0.2) is 127 Å². The number of hydrogen-bond acceptors (Lipinski definition) is 2. The summed E-state index contributed by atoms with van der Waals surface area (Å²) in [4.78, 5) is 5.47. The number of aryl methyl sites for hydroxylation is 1. The van der Waals surface area contributed by atoms with Gasteiger partial charge in [0.05, 0.1) is 5.69 Å². The summed E-state index contributed by atoms with van der Waals surface area (Å²) in [5.41, 5.74) is 27.8. The van der Waals surface area contributed by atoms with Gasteiger partial charge in [0, 0.05) is 33.9 Å². The van der Waals surface area contributed by atoms with Gasteiger partial charge in [0.15, 0.2) is 0 Å². The first-order valence-corrected chi connectivity index (χ1v) is 25.8. The molecule has 69 heavy (non-hydrogen) atoms. The third-order valence-electron chi connectivity index (χ3n) is 17.1. The van der Waals surface area contributed by atoms with E-state index < -0.39 is 0 Å². The average Bonchev–Trinajstić information content (AvgIpc) is 3.52. The van der Waals surface area contributed by atoms with Crippen LogP contribution >= 0.6 is 0 Å². The summed E-state index contributed by atoms with van der Waals surface area (Å²) in [6, 6.07) is 50.5. The van der Waals surface area contributed by atoms with Gasteiger partial charge in [-0.25, -0.2) is 0 Å². The van der Waals surface area contributed by atoms with Crippen LogP contribution in [0.25, 0.3) is 22.3 Å². The topological polar surface area (TPSA) is 6.48 Å². The molecule has 0 fully saturated rings. The highest BCUT2D eigenvalue weighted by Crippen LogP contribution is 2.58. The van der Waals surface area contributed by atoms with E-state index in [9.17, 15) is 0 Å². The molecule has 4 aliphatic rings. The zero-order valence-electron chi connectivity index (χ0n) is 44.5. The summed E-state index contributed by atoms with van der Waals surface area (Å²) in [6.07, 6.45) is 2.33. The first-order valence-electron chi connectivity index (χ1n) is 25.8. The van der Waals surface area contributed by atoms with Gasteiger partial charge in [-0.05, 0) is 166 Å². The van der Waals surface area contributed by atoms with E-state index in [1.54, 1.807) is 0 Å². The van der Waals surface area contributed by atoms with E-state index in [-0.39, 0.29) is 39.2 Å². The summed E-state index contributed by atoms with van der Waals surface area (Å²) in [5, 5.41) is 0. The smallest absolute Gasteiger partial charge is 0.252 e. The highest BCUT2D eigenvalue weighted by molar-refractivity contribution is 7.00. The minimum atomic E-state index is -0.233. The second kappa shape index (κ2) is 14.9. The van der Waals surface area contributed by atoms with E-state index in [2.05, 4.69) is 248 Å². The predicted octanol–water partition coefficient (Wildman–Crippen LogP) is 16.3. The maximum Gasteiger partial charge on any atom is 0.252 e. The SMILES string of the molecule is Cc1ccc(-c2ccccc2)cc1N1c2cc(C(C)(C)C)ccc2B2c3cc4c(cc3N(c3cc(C(C)(C)C)cc5c3C(C)(C)c3ccccc3-5)c3cc(C(C)(C)C)cc1c32)C(C)(C)CCC4(C)C. The Bertz CT molecular complexity index is 3270. The van der Waals surface area contributed by atoms with Crippen molar-refractivity contribution in [3.8, 4) is 22.3 Å². The van der Waals surface area contributed by atoms with Crippen LogP contribution in [-0.2, 0) is 32.5 Å². The van der Waals surface area contributed by atoms with Crippen LogP contribution in [0.5, 0.6) is 0 Å². The maximum absolute atomic E-state index is 2.79. The van der Waals surface area contributed by atoms with Gasteiger partial charge in [-0.3, -0.25) is 0 Å². The van der Waals surface area contributed by atoms with Crippen molar-refractivity contribution in [2.45, 2.75) is 156 Å². The van der Waals surface area contributed by atoms with Crippen LogP contribution < -0.4 is 26.2 Å². The van der Waals surface area contributed by atoms with Crippen molar-refractivity contribution in [3.63, 3.8) is 0 Å². The first-order chi connectivity index (χ1) is 32.3. The Labute approximate surface area is 415 Å². The fraction of sp³-hybridized carbons (Fsp3) is 0.364. The first kappa shape index (κ1) is 45.6. The summed E-state index contributed by atoms with van der Waals surface area (Å²) >= 11 is 0. The van der Waals surface area contributed by atoms with Gasteiger partial charge in [0.25, 0.3) is 6.71 Å². The Morgan fingerprint density at radius 2 is 0.957 bits per heavy atom. The van der Waals surface area contributed by atoms with Crippen LogP contribution in [0, 0.1) is 6.92 Å². The lowest BCUT2D eigenvalue weighted by molar-refractivity contribution is 0.332. The molecule has 0 saturated carbocycles. The summed E-state index contributed by atoms with van der Waals surface area (Å²) < 4.78 is 0. The average molecular weight is 905 g/mol. The molecule has 0 N–H and O–H groups in total. The lowest BCUT2D eigenvalue weighted by Gasteiger charge is -2.48. The van der Waals surface area contributed by atoms with Gasteiger partial charge in [-0.1, -0.05) is 195 Å². The highest BCUT2D eigenvalue weighted by atomic mass is 15.2. The second-order valence-electron chi connectivity index (χ2n) is 26.2. The monoisotopic (exact) mass is 905 g/mol. The van der Waals surface area contributed by atoms with E-state index in [4.69, 9.17) is 0 Å². The molecule has 11 rings (SSSR count). The van der Waals surface area contributed by atoms with Gasteiger partial charge in [0.1, 0.15) is 0 Å². The van der Waals surface area contributed by atoms with Crippen molar-refractivity contribution >= 4 is 57.2 Å². The molecule has 2 aliphatic carbocycles. The molecule has 0 spiro atoms. The predicted molar refractivity (Wildman–Crippen MR) is 300 cm³/mol. The Kier molecular flexibility index (Phi) is 9.83. The van der Waals surface area contributed by atoms with E-state index in [0.29, 0.717) is 0 Å². The Hall–Kier alpha value is -5.80. The van der Waals surface area contributed by atoms with Gasteiger partial charge < -0.3 is 9.80 Å². The molecule has 7 aromatic carbocycles. The fourth-order valence-electron chi connectivity index (χ4n) is 12.6. The van der Waals surface area contributed by atoms with Crippen LogP contribution in [0.4, 0.5) is 34.1 Å². The normalized spacial score (nSPS) is 17.1. The van der Waals surface area contributed by atoms with Gasteiger partial charge >= 0.3 is 0 Å². The van der Waals surface area contributed by atoms with Crippen molar-refractivity contribution in [1.82, 2.24) is 0 Å². The molecule has 350 valence electrons. The van der Waals surface area contributed by atoms with E-state index in [1.807, 2.05) is 0 Å². The third kappa shape index (κ3) is 6.94. The molecule has 0 radical (unpaired) electrons. The lowest BCUT2D eigenvalue weighted by Crippen LogP contribution is -2.62. The van der Waals surface area contributed by atoms with Crippen molar-refractivity contribution in [2.75, 3.05) is 9.80 Å². The quantitative estimate of drug-likeness (QED) is 0.163.